The predicted octanol–water partition coefficient (Wildman–Crippen LogP) is 3.58. The molecular formula is C19H20N2O4. The highest BCUT2D eigenvalue weighted by Gasteiger charge is 2.28. The summed E-state index contributed by atoms with van der Waals surface area (Å²) in [5.41, 5.74) is 4.43. The van der Waals surface area contributed by atoms with Crippen LogP contribution in [0.25, 0.3) is 0 Å². The third kappa shape index (κ3) is 2.99. The molecule has 0 saturated carbocycles. The molecule has 1 heterocycles. The van der Waals surface area contributed by atoms with Crippen LogP contribution in [0.5, 0.6) is 5.75 Å². The molecule has 0 N–H and O–H groups in total. The average molecular weight is 340 g/mol. The lowest BCUT2D eigenvalue weighted by Crippen LogP contribution is -2.24. The van der Waals surface area contributed by atoms with E-state index in [1.165, 1.54) is 11.1 Å². The SMILES string of the molecule is CN(Cc1cc([N+](=O)[O-])cc2c1OCOC2)[C@@H]1CCc2ccccc21. The Morgan fingerprint density at radius 3 is 2.96 bits per heavy atom. The second-order valence-corrected chi connectivity index (χ2v) is 6.63. The Bertz CT molecular complexity index is 821. The number of ether oxygens (including phenoxy) is 2. The number of hydrogen-bond acceptors (Lipinski definition) is 5. The maximum atomic E-state index is 11.3. The Balaban J connectivity index is 1.64. The molecule has 0 bridgehead atoms. The van der Waals surface area contributed by atoms with Crippen LogP contribution in [-0.4, -0.2) is 23.7 Å². The summed E-state index contributed by atoms with van der Waals surface area (Å²) in [6, 6.07) is 12.0. The van der Waals surface area contributed by atoms with E-state index in [1.54, 1.807) is 12.1 Å². The third-order valence-corrected chi connectivity index (χ3v) is 5.04. The van der Waals surface area contributed by atoms with Crippen molar-refractivity contribution in [2.24, 2.45) is 0 Å². The summed E-state index contributed by atoms with van der Waals surface area (Å²) in [5.74, 6) is 0.731. The molecule has 1 aliphatic heterocycles. The van der Waals surface area contributed by atoms with E-state index in [9.17, 15) is 10.1 Å². The van der Waals surface area contributed by atoms with Crippen LogP contribution in [0.4, 0.5) is 5.69 Å². The smallest absolute Gasteiger partial charge is 0.270 e. The molecule has 130 valence electrons. The Hall–Kier alpha value is -2.44. The number of fused-ring (bicyclic) bond motifs is 2. The van der Waals surface area contributed by atoms with Gasteiger partial charge in [0.25, 0.3) is 5.69 Å². The largest absolute Gasteiger partial charge is 0.467 e. The highest BCUT2D eigenvalue weighted by molar-refractivity contribution is 5.50. The number of aryl methyl sites for hydroxylation is 1. The third-order valence-electron chi connectivity index (χ3n) is 5.04. The zero-order chi connectivity index (χ0) is 17.4. The Kier molecular flexibility index (Phi) is 4.15. The molecule has 2 aromatic rings. The Morgan fingerprint density at radius 1 is 1.28 bits per heavy atom. The molecule has 4 rings (SSSR count). The molecule has 25 heavy (non-hydrogen) atoms. The second-order valence-electron chi connectivity index (χ2n) is 6.63. The molecule has 0 radical (unpaired) electrons. The molecule has 6 heteroatoms. The molecular weight excluding hydrogens is 320 g/mol. The van der Waals surface area contributed by atoms with Crippen LogP contribution in [0.2, 0.25) is 0 Å². The fraction of sp³-hybridized carbons (Fsp3) is 0.368. The maximum absolute atomic E-state index is 11.3. The minimum absolute atomic E-state index is 0.0862. The van der Waals surface area contributed by atoms with E-state index in [-0.39, 0.29) is 17.4 Å². The lowest BCUT2D eigenvalue weighted by Gasteiger charge is -2.27. The first-order valence-electron chi connectivity index (χ1n) is 8.42. The van der Waals surface area contributed by atoms with E-state index >= 15 is 0 Å². The van der Waals surface area contributed by atoms with Gasteiger partial charge in [0.2, 0.25) is 0 Å². The Labute approximate surface area is 146 Å². The summed E-state index contributed by atoms with van der Waals surface area (Å²) in [7, 11) is 2.07. The van der Waals surface area contributed by atoms with Crippen molar-refractivity contribution in [2.45, 2.75) is 32.0 Å². The van der Waals surface area contributed by atoms with E-state index in [1.807, 2.05) is 0 Å². The number of nitro benzene ring substituents is 1. The molecule has 1 aliphatic carbocycles. The van der Waals surface area contributed by atoms with Crippen molar-refractivity contribution in [1.29, 1.82) is 0 Å². The van der Waals surface area contributed by atoms with Crippen LogP contribution in [0.15, 0.2) is 36.4 Å². The van der Waals surface area contributed by atoms with Gasteiger partial charge in [0, 0.05) is 35.8 Å². The summed E-state index contributed by atoms with van der Waals surface area (Å²) in [6.07, 6.45) is 2.14. The molecule has 0 spiro atoms. The minimum Gasteiger partial charge on any atom is -0.467 e. The highest BCUT2D eigenvalue weighted by Crippen LogP contribution is 2.38. The fourth-order valence-electron chi connectivity index (χ4n) is 3.88. The van der Waals surface area contributed by atoms with E-state index < -0.39 is 0 Å². The van der Waals surface area contributed by atoms with Gasteiger partial charge in [0.15, 0.2) is 6.79 Å². The number of nitro groups is 1. The lowest BCUT2D eigenvalue weighted by molar-refractivity contribution is -0.385. The number of non-ortho nitro benzene ring substituents is 1. The maximum Gasteiger partial charge on any atom is 0.270 e. The Morgan fingerprint density at radius 2 is 2.12 bits per heavy atom. The van der Waals surface area contributed by atoms with Gasteiger partial charge in [-0.1, -0.05) is 24.3 Å². The zero-order valence-corrected chi connectivity index (χ0v) is 14.1. The first kappa shape index (κ1) is 16.1. The van der Waals surface area contributed by atoms with Gasteiger partial charge in [-0.2, -0.15) is 0 Å². The van der Waals surface area contributed by atoms with E-state index in [4.69, 9.17) is 9.47 Å². The lowest BCUT2D eigenvalue weighted by atomic mass is 10.0. The van der Waals surface area contributed by atoms with Gasteiger partial charge in [0.05, 0.1) is 11.5 Å². The molecule has 0 aromatic heterocycles. The van der Waals surface area contributed by atoms with Gasteiger partial charge in [-0.15, -0.1) is 0 Å². The van der Waals surface area contributed by atoms with E-state index in [0.29, 0.717) is 19.2 Å². The van der Waals surface area contributed by atoms with Crippen LogP contribution >= 0.6 is 0 Å². The van der Waals surface area contributed by atoms with Crippen molar-refractivity contribution < 1.29 is 14.4 Å². The molecule has 2 aliphatic rings. The molecule has 0 amide bonds. The summed E-state index contributed by atoms with van der Waals surface area (Å²) in [5, 5.41) is 11.3. The van der Waals surface area contributed by atoms with Crippen molar-refractivity contribution >= 4 is 5.69 Å². The number of rotatable bonds is 4. The monoisotopic (exact) mass is 340 g/mol. The summed E-state index contributed by atoms with van der Waals surface area (Å²) < 4.78 is 10.9. The second kappa shape index (κ2) is 6.46. The van der Waals surface area contributed by atoms with Crippen LogP contribution in [0.1, 0.15) is 34.7 Å². The zero-order valence-electron chi connectivity index (χ0n) is 14.1. The van der Waals surface area contributed by atoms with Gasteiger partial charge < -0.3 is 9.47 Å². The van der Waals surface area contributed by atoms with Crippen LogP contribution in [0.3, 0.4) is 0 Å². The fourth-order valence-corrected chi connectivity index (χ4v) is 3.88. The van der Waals surface area contributed by atoms with Crippen molar-refractivity contribution in [1.82, 2.24) is 4.90 Å². The standard InChI is InChI=1S/C19H20N2O4/c1-20(18-7-6-13-4-2-3-5-17(13)18)10-14-8-16(21(22)23)9-15-11-24-12-25-19(14)15/h2-5,8-9,18H,6-7,10-12H2,1H3/t18-/m1/s1. The van der Waals surface area contributed by atoms with E-state index in [0.717, 1.165) is 29.7 Å². The quantitative estimate of drug-likeness (QED) is 0.629. The van der Waals surface area contributed by atoms with Crippen LogP contribution in [-0.2, 0) is 24.3 Å². The van der Waals surface area contributed by atoms with Crippen molar-refractivity contribution in [3.8, 4) is 5.75 Å². The number of nitrogens with zero attached hydrogens (tertiary/aromatic N) is 2. The average Bonchev–Trinajstić information content (AvgIpc) is 3.05. The van der Waals surface area contributed by atoms with Crippen LogP contribution in [0, 0.1) is 10.1 Å². The summed E-state index contributed by atoms with van der Waals surface area (Å²) in [4.78, 5) is 13.2. The predicted molar refractivity (Wildman–Crippen MR) is 92.4 cm³/mol. The van der Waals surface area contributed by atoms with Crippen molar-refractivity contribution in [3.63, 3.8) is 0 Å². The summed E-state index contributed by atoms with van der Waals surface area (Å²) >= 11 is 0. The highest BCUT2D eigenvalue weighted by atomic mass is 16.7. The molecule has 0 unspecified atom stereocenters. The first-order chi connectivity index (χ1) is 12.1. The molecule has 0 fully saturated rings. The van der Waals surface area contributed by atoms with Gasteiger partial charge in [-0.3, -0.25) is 15.0 Å². The molecule has 1 atom stereocenters. The van der Waals surface area contributed by atoms with Crippen LogP contribution < -0.4 is 4.74 Å². The first-order valence-corrected chi connectivity index (χ1v) is 8.42. The normalized spacial score (nSPS) is 18.6. The summed E-state index contributed by atoms with van der Waals surface area (Å²) in [6.45, 7) is 1.14. The van der Waals surface area contributed by atoms with Gasteiger partial charge in [-0.05, 0) is 31.0 Å². The van der Waals surface area contributed by atoms with Gasteiger partial charge >= 0.3 is 0 Å². The minimum atomic E-state index is -0.358. The molecule has 2 aromatic carbocycles. The van der Waals surface area contributed by atoms with Crippen molar-refractivity contribution in [2.75, 3.05) is 13.8 Å². The van der Waals surface area contributed by atoms with E-state index in [2.05, 4.69) is 36.2 Å². The topological polar surface area (TPSA) is 64.8 Å². The van der Waals surface area contributed by atoms with Crippen molar-refractivity contribution in [3.05, 3.63) is 68.8 Å². The molecule has 0 saturated heterocycles. The van der Waals surface area contributed by atoms with Gasteiger partial charge in [-0.25, -0.2) is 0 Å². The molecule has 6 nitrogen and oxygen atoms in total. The number of benzene rings is 2. The van der Waals surface area contributed by atoms with Gasteiger partial charge in [0.1, 0.15) is 5.75 Å². The number of hydrogen-bond donors (Lipinski definition) is 0.